The van der Waals surface area contributed by atoms with E-state index in [4.69, 9.17) is 9.72 Å². The van der Waals surface area contributed by atoms with Gasteiger partial charge in [0.2, 0.25) is 5.91 Å². The molecule has 4 rings (SSSR count). The fraction of sp³-hybridized carbons (Fsp3) is 0.423. The maximum atomic E-state index is 13.3. The Morgan fingerprint density at radius 3 is 2.58 bits per heavy atom. The molecule has 0 radical (unpaired) electrons. The number of rotatable bonds is 7. The molecule has 6 nitrogen and oxygen atoms in total. The van der Waals surface area contributed by atoms with Crippen molar-refractivity contribution in [2.45, 2.75) is 63.5 Å². The van der Waals surface area contributed by atoms with E-state index >= 15 is 0 Å². The quantitative estimate of drug-likeness (QED) is 0.380. The van der Waals surface area contributed by atoms with Crippen molar-refractivity contribution >= 4 is 28.6 Å². The van der Waals surface area contributed by atoms with Gasteiger partial charge in [-0.15, -0.1) is 0 Å². The van der Waals surface area contributed by atoms with Crippen molar-refractivity contribution in [2.75, 3.05) is 12.4 Å². The molecular formula is C26H31N3O3S. The summed E-state index contributed by atoms with van der Waals surface area (Å²) in [7, 11) is 0. The van der Waals surface area contributed by atoms with Crippen molar-refractivity contribution in [3.8, 4) is 0 Å². The Bertz CT molecular complexity index is 1160. The summed E-state index contributed by atoms with van der Waals surface area (Å²) in [6.07, 6.45) is 1.93. The van der Waals surface area contributed by atoms with Gasteiger partial charge in [0.1, 0.15) is 0 Å². The third-order valence-electron chi connectivity index (χ3n) is 5.86. The van der Waals surface area contributed by atoms with Crippen LogP contribution in [0.2, 0.25) is 0 Å². The van der Waals surface area contributed by atoms with Gasteiger partial charge >= 0.3 is 0 Å². The van der Waals surface area contributed by atoms with Crippen molar-refractivity contribution in [1.29, 1.82) is 0 Å². The summed E-state index contributed by atoms with van der Waals surface area (Å²) in [4.78, 5) is 33.3. The lowest BCUT2D eigenvalue weighted by molar-refractivity contribution is -0.133. The van der Waals surface area contributed by atoms with Gasteiger partial charge < -0.3 is 9.64 Å². The highest BCUT2D eigenvalue weighted by molar-refractivity contribution is 7.99. The molecule has 174 valence electrons. The second kappa shape index (κ2) is 10.1. The first kappa shape index (κ1) is 23.5. The third kappa shape index (κ3) is 5.65. The molecule has 3 aromatic rings. The first-order valence-corrected chi connectivity index (χ1v) is 12.4. The van der Waals surface area contributed by atoms with E-state index in [-0.39, 0.29) is 28.9 Å². The monoisotopic (exact) mass is 465 g/mol. The van der Waals surface area contributed by atoms with Crippen LogP contribution in [0.15, 0.2) is 64.5 Å². The molecule has 0 N–H and O–H groups in total. The average Bonchev–Trinajstić information content (AvgIpc) is 3.31. The fourth-order valence-electron chi connectivity index (χ4n) is 4.08. The Labute approximate surface area is 199 Å². The molecule has 0 unspecified atom stereocenters. The molecule has 1 fully saturated rings. The number of fused-ring (bicyclic) bond motifs is 1. The number of carbonyl (C=O) groups is 1. The van der Waals surface area contributed by atoms with E-state index in [1.165, 1.54) is 11.8 Å². The van der Waals surface area contributed by atoms with Crippen molar-refractivity contribution in [2.24, 2.45) is 0 Å². The van der Waals surface area contributed by atoms with Crippen LogP contribution in [0.25, 0.3) is 10.9 Å². The van der Waals surface area contributed by atoms with E-state index in [2.05, 4.69) is 0 Å². The predicted molar refractivity (Wildman–Crippen MR) is 132 cm³/mol. The highest BCUT2D eigenvalue weighted by Gasteiger charge is 2.27. The van der Waals surface area contributed by atoms with E-state index in [1.807, 2.05) is 74.2 Å². The van der Waals surface area contributed by atoms with Crippen LogP contribution in [0, 0.1) is 0 Å². The molecule has 2 heterocycles. The zero-order chi connectivity index (χ0) is 23.4. The summed E-state index contributed by atoms with van der Waals surface area (Å²) in [5.74, 6) is 0.225. The SMILES string of the molecule is CC(C)(C)N(Cc1ccccc1)C(=O)CSc1nc2ccccc2c(=O)n1C[C@H]1CCCO1. The standard InChI is InChI=1S/C26H31N3O3S/c1-26(2,3)29(16-19-10-5-4-6-11-19)23(30)18-33-25-27-22-14-8-7-13-21(22)24(31)28(25)17-20-12-9-15-32-20/h4-8,10-11,13-14,20H,9,12,15-18H2,1-3H3/t20-/m1/s1. The fourth-order valence-corrected chi connectivity index (χ4v) is 4.97. The van der Waals surface area contributed by atoms with Gasteiger partial charge in [0.25, 0.3) is 5.56 Å². The normalized spacial score (nSPS) is 16.3. The number of nitrogens with zero attached hydrogens (tertiary/aromatic N) is 3. The molecule has 1 atom stereocenters. The van der Waals surface area contributed by atoms with Crippen molar-refractivity contribution in [3.63, 3.8) is 0 Å². The lowest BCUT2D eigenvalue weighted by Gasteiger charge is -2.36. The van der Waals surface area contributed by atoms with Crippen LogP contribution in [-0.4, -0.2) is 44.4 Å². The van der Waals surface area contributed by atoms with Crippen LogP contribution in [-0.2, 0) is 22.6 Å². The smallest absolute Gasteiger partial charge is 0.262 e. The number of hydrogen-bond acceptors (Lipinski definition) is 5. The number of aromatic nitrogens is 2. The Hall–Kier alpha value is -2.64. The molecule has 0 aliphatic carbocycles. The Morgan fingerprint density at radius 2 is 1.88 bits per heavy atom. The Morgan fingerprint density at radius 1 is 1.15 bits per heavy atom. The summed E-state index contributed by atoms with van der Waals surface area (Å²) < 4.78 is 7.47. The Balaban J connectivity index is 1.59. The minimum atomic E-state index is -0.332. The average molecular weight is 466 g/mol. The molecule has 7 heteroatoms. The number of ether oxygens (including phenoxy) is 1. The van der Waals surface area contributed by atoms with Crippen molar-refractivity contribution in [3.05, 3.63) is 70.5 Å². The van der Waals surface area contributed by atoms with Gasteiger partial charge in [-0.3, -0.25) is 14.2 Å². The molecule has 0 bridgehead atoms. The van der Waals surface area contributed by atoms with Gasteiger partial charge in [-0.1, -0.05) is 54.2 Å². The van der Waals surface area contributed by atoms with Crippen LogP contribution in [0.3, 0.4) is 0 Å². The molecule has 2 aromatic carbocycles. The highest BCUT2D eigenvalue weighted by Crippen LogP contribution is 2.24. The second-order valence-corrected chi connectivity index (χ2v) is 10.3. The molecule has 1 aromatic heterocycles. The lowest BCUT2D eigenvalue weighted by atomic mass is 10.0. The predicted octanol–water partition coefficient (Wildman–Crippen LogP) is 4.49. The van der Waals surface area contributed by atoms with Gasteiger partial charge in [-0.2, -0.15) is 0 Å². The maximum absolute atomic E-state index is 13.3. The van der Waals surface area contributed by atoms with Gasteiger partial charge in [-0.05, 0) is 51.3 Å². The molecule has 0 spiro atoms. The second-order valence-electron chi connectivity index (χ2n) is 9.39. The number of thioether (sulfide) groups is 1. The lowest BCUT2D eigenvalue weighted by Crippen LogP contribution is -2.46. The molecule has 1 aliphatic heterocycles. The summed E-state index contributed by atoms with van der Waals surface area (Å²) in [5.41, 5.74) is 1.33. The van der Waals surface area contributed by atoms with Crippen molar-refractivity contribution < 1.29 is 9.53 Å². The van der Waals surface area contributed by atoms with Gasteiger partial charge in [0, 0.05) is 18.7 Å². The third-order valence-corrected chi connectivity index (χ3v) is 6.82. The van der Waals surface area contributed by atoms with Crippen LogP contribution in [0.1, 0.15) is 39.2 Å². The number of carbonyl (C=O) groups excluding carboxylic acids is 1. The topological polar surface area (TPSA) is 64.4 Å². The minimum absolute atomic E-state index is 0.00451. The minimum Gasteiger partial charge on any atom is -0.376 e. The summed E-state index contributed by atoms with van der Waals surface area (Å²) in [5, 5.41) is 1.16. The van der Waals surface area contributed by atoms with Crippen LogP contribution >= 0.6 is 11.8 Å². The number of benzene rings is 2. The van der Waals surface area contributed by atoms with Gasteiger partial charge in [0.15, 0.2) is 5.16 Å². The Kier molecular flexibility index (Phi) is 7.20. The first-order chi connectivity index (χ1) is 15.8. The molecule has 33 heavy (non-hydrogen) atoms. The summed E-state index contributed by atoms with van der Waals surface area (Å²) >= 11 is 1.33. The molecular weight excluding hydrogens is 434 g/mol. The first-order valence-electron chi connectivity index (χ1n) is 11.4. The molecule has 1 saturated heterocycles. The van der Waals surface area contributed by atoms with Crippen LogP contribution < -0.4 is 5.56 Å². The zero-order valence-corrected chi connectivity index (χ0v) is 20.3. The van der Waals surface area contributed by atoms with E-state index in [0.717, 1.165) is 25.0 Å². The van der Waals surface area contributed by atoms with E-state index in [0.29, 0.717) is 29.1 Å². The van der Waals surface area contributed by atoms with Gasteiger partial charge in [-0.25, -0.2) is 4.98 Å². The van der Waals surface area contributed by atoms with E-state index in [1.54, 1.807) is 10.6 Å². The summed E-state index contributed by atoms with van der Waals surface area (Å²) in [6, 6.07) is 17.4. The zero-order valence-electron chi connectivity index (χ0n) is 19.5. The molecule has 1 amide bonds. The highest BCUT2D eigenvalue weighted by atomic mass is 32.2. The number of para-hydroxylation sites is 1. The van der Waals surface area contributed by atoms with Crippen LogP contribution in [0.5, 0.6) is 0 Å². The molecule has 0 saturated carbocycles. The van der Waals surface area contributed by atoms with Gasteiger partial charge in [0.05, 0.1) is 29.3 Å². The van der Waals surface area contributed by atoms with Crippen LogP contribution in [0.4, 0.5) is 0 Å². The van der Waals surface area contributed by atoms with E-state index in [9.17, 15) is 9.59 Å². The molecule has 1 aliphatic rings. The van der Waals surface area contributed by atoms with Crippen molar-refractivity contribution in [1.82, 2.24) is 14.5 Å². The summed E-state index contributed by atoms with van der Waals surface area (Å²) in [6.45, 7) is 7.85. The number of hydrogen-bond donors (Lipinski definition) is 0. The van der Waals surface area contributed by atoms with E-state index < -0.39 is 0 Å². The maximum Gasteiger partial charge on any atom is 0.262 e. The number of amides is 1. The largest absolute Gasteiger partial charge is 0.376 e.